The first-order valence-corrected chi connectivity index (χ1v) is 7.47. The first-order chi connectivity index (χ1) is 12.1. The molecule has 0 spiro atoms. The van der Waals surface area contributed by atoms with E-state index in [0.717, 1.165) is 0 Å². The second-order valence-electron chi connectivity index (χ2n) is 5.70. The van der Waals surface area contributed by atoms with Crippen LogP contribution in [-0.4, -0.2) is 27.1 Å². The maximum absolute atomic E-state index is 13.1. The zero-order valence-corrected chi connectivity index (χ0v) is 13.8. The van der Waals surface area contributed by atoms with Crippen LogP contribution in [0.5, 0.6) is 5.75 Å². The molecular weight excluding hydrogens is 351 g/mol. The summed E-state index contributed by atoms with van der Waals surface area (Å²) in [7, 11) is 0. The highest BCUT2D eigenvalue weighted by atomic mass is 19.4. The van der Waals surface area contributed by atoms with Gasteiger partial charge in [0, 0.05) is 17.7 Å². The Balaban J connectivity index is 2.45. The molecule has 26 heavy (non-hydrogen) atoms. The molecule has 1 unspecified atom stereocenters. The monoisotopic (exact) mass is 365 g/mol. The standard InChI is InChI=1S/C17H14F3N3O3/c1-9(2)13(7-21)26-11-5-3-4-10(6-11)15-22-8-12(16(24)25)14(23-15)17(18,19)20/h3-6,8-9,13H,1-2H3,(H,24,25). The maximum atomic E-state index is 13.1. The van der Waals surface area contributed by atoms with Crippen molar-refractivity contribution in [2.45, 2.75) is 26.1 Å². The van der Waals surface area contributed by atoms with Gasteiger partial charge in [0.05, 0.1) is 0 Å². The second kappa shape index (κ2) is 7.39. The quantitative estimate of drug-likeness (QED) is 0.866. The topological polar surface area (TPSA) is 96.1 Å². The third kappa shape index (κ3) is 4.27. The minimum atomic E-state index is -4.94. The molecule has 0 aliphatic rings. The molecule has 6 nitrogen and oxygen atoms in total. The molecule has 2 rings (SSSR count). The van der Waals surface area contributed by atoms with Crippen LogP contribution in [0, 0.1) is 17.2 Å². The Morgan fingerprint density at radius 1 is 1.35 bits per heavy atom. The summed E-state index contributed by atoms with van der Waals surface area (Å²) >= 11 is 0. The van der Waals surface area contributed by atoms with E-state index in [2.05, 4.69) is 9.97 Å². The van der Waals surface area contributed by atoms with Crippen LogP contribution in [0.25, 0.3) is 11.4 Å². The van der Waals surface area contributed by atoms with Crippen LogP contribution in [0.1, 0.15) is 29.9 Å². The fourth-order valence-corrected chi connectivity index (χ4v) is 2.06. The van der Waals surface area contributed by atoms with E-state index in [0.29, 0.717) is 6.20 Å². The number of carboxylic acids is 1. The van der Waals surface area contributed by atoms with Crippen LogP contribution in [0.4, 0.5) is 13.2 Å². The van der Waals surface area contributed by atoms with Gasteiger partial charge in [0.2, 0.25) is 0 Å². The SMILES string of the molecule is CC(C)C(C#N)Oc1cccc(-c2ncc(C(=O)O)c(C(F)(F)F)n2)c1. The van der Waals surface area contributed by atoms with Crippen LogP contribution in [0.15, 0.2) is 30.5 Å². The Morgan fingerprint density at radius 2 is 2.04 bits per heavy atom. The van der Waals surface area contributed by atoms with Crippen molar-refractivity contribution in [1.29, 1.82) is 5.26 Å². The summed E-state index contributed by atoms with van der Waals surface area (Å²) in [5.41, 5.74) is -2.36. The number of benzene rings is 1. The molecule has 0 aliphatic carbocycles. The van der Waals surface area contributed by atoms with Crippen molar-refractivity contribution in [2.24, 2.45) is 5.92 Å². The first kappa shape index (κ1) is 19.2. The summed E-state index contributed by atoms with van der Waals surface area (Å²) in [6, 6.07) is 7.90. The molecule has 1 aromatic heterocycles. The predicted octanol–water partition coefficient (Wildman–Crippen LogP) is 3.79. The Hall–Kier alpha value is -3.15. The molecule has 0 fully saturated rings. The summed E-state index contributed by atoms with van der Waals surface area (Å²) in [5.74, 6) is -1.89. The predicted molar refractivity (Wildman–Crippen MR) is 84.3 cm³/mol. The van der Waals surface area contributed by atoms with Gasteiger partial charge in [-0.25, -0.2) is 14.8 Å². The molecule has 0 saturated carbocycles. The first-order valence-electron chi connectivity index (χ1n) is 7.47. The van der Waals surface area contributed by atoms with Gasteiger partial charge in [-0.1, -0.05) is 26.0 Å². The van der Waals surface area contributed by atoms with E-state index in [1.165, 1.54) is 18.2 Å². The summed E-state index contributed by atoms with van der Waals surface area (Å²) in [4.78, 5) is 18.0. The lowest BCUT2D eigenvalue weighted by molar-refractivity contribution is -0.141. The molecule has 0 saturated heterocycles. The van der Waals surface area contributed by atoms with Gasteiger partial charge in [-0.3, -0.25) is 0 Å². The number of nitriles is 1. The van der Waals surface area contributed by atoms with Crippen LogP contribution in [0.3, 0.4) is 0 Å². The maximum Gasteiger partial charge on any atom is 0.434 e. The average Bonchev–Trinajstić information content (AvgIpc) is 2.58. The van der Waals surface area contributed by atoms with Crippen LogP contribution in [0.2, 0.25) is 0 Å². The van der Waals surface area contributed by atoms with E-state index in [1.807, 2.05) is 6.07 Å². The van der Waals surface area contributed by atoms with Gasteiger partial charge in [0.25, 0.3) is 0 Å². The lowest BCUT2D eigenvalue weighted by atomic mass is 10.1. The number of ether oxygens (including phenoxy) is 1. The number of hydrogen-bond acceptors (Lipinski definition) is 5. The largest absolute Gasteiger partial charge is 0.478 e. The van der Waals surface area contributed by atoms with Gasteiger partial charge in [-0.05, 0) is 12.1 Å². The fraction of sp³-hybridized carbons (Fsp3) is 0.294. The van der Waals surface area contributed by atoms with E-state index in [9.17, 15) is 18.0 Å². The molecule has 1 N–H and O–H groups in total. The molecule has 0 radical (unpaired) electrons. The molecule has 0 amide bonds. The van der Waals surface area contributed by atoms with Crippen LogP contribution >= 0.6 is 0 Å². The number of halogens is 3. The number of aromatic nitrogens is 2. The van der Waals surface area contributed by atoms with Gasteiger partial charge in [0.1, 0.15) is 17.4 Å². The lowest BCUT2D eigenvalue weighted by Gasteiger charge is -2.16. The minimum Gasteiger partial charge on any atom is -0.478 e. The summed E-state index contributed by atoms with van der Waals surface area (Å²) in [6.07, 6.45) is -5.05. The third-order valence-electron chi connectivity index (χ3n) is 3.38. The molecule has 136 valence electrons. The van der Waals surface area contributed by atoms with Crippen LogP contribution in [-0.2, 0) is 6.18 Å². The number of hydrogen-bond donors (Lipinski definition) is 1. The summed E-state index contributed by atoms with van der Waals surface area (Å²) in [6.45, 7) is 3.59. The number of carbonyl (C=O) groups is 1. The van der Waals surface area contributed by atoms with Crippen molar-refractivity contribution in [3.8, 4) is 23.2 Å². The number of rotatable bonds is 5. The van der Waals surface area contributed by atoms with Crippen molar-refractivity contribution in [3.63, 3.8) is 0 Å². The normalized spacial score (nSPS) is 12.5. The van der Waals surface area contributed by atoms with Gasteiger partial charge in [-0.15, -0.1) is 0 Å². The van der Waals surface area contributed by atoms with E-state index < -0.39 is 29.5 Å². The Kier molecular flexibility index (Phi) is 5.45. The van der Waals surface area contributed by atoms with Crippen LogP contribution < -0.4 is 4.74 Å². The fourth-order valence-electron chi connectivity index (χ4n) is 2.06. The zero-order valence-electron chi connectivity index (χ0n) is 13.8. The Bertz CT molecular complexity index is 860. The Labute approximate surface area is 146 Å². The smallest absolute Gasteiger partial charge is 0.434 e. The minimum absolute atomic E-state index is 0.0911. The van der Waals surface area contributed by atoms with Gasteiger partial charge < -0.3 is 9.84 Å². The van der Waals surface area contributed by atoms with E-state index >= 15 is 0 Å². The third-order valence-corrected chi connectivity index (χ3v) is 3.38. The molecule has 2 aromatic rings. The van der Waals surface area contributed by atoms with Gasteiger partial charge in [0.15, 0.2) is 17.6 Å². The highest BCUT2D eigenvalue weighted by molar-refractivity contribution is 5.89. The van der Waals surface area contributed by atoms with E-state index in [-0.39, 0.29) is 23.1 Å². The van der Waals surface area contributed by atoms with Crippen molar-refractivity contribution < 1.29 is 27.8 Å². The number of alkyl halides is 3. The Morgan fingerprint density at radius 3 is 2.58 bits per heavy atom. The molecule has 9 heteroatoms. The number of nitrogens with zero attached hydrogens (tertiary/aromatic N) is 3. The summed E-state index contributed by atoms with van der Waals surface area (Å²) < 4.78 is 44.7. The number of aromatic carboxylic acids is 1. The molecular formula is C17H14F3N3O3. The molecule has 0 bridgehead atoms. The molecule has 0 aliphatic heterocycles. The van der Waals surface area contributed by atoms with Crippen molar-refractivity contribution in [1.82, 2.24) is 9.97 Å². The number of carboxylic acid groups (broad SMARTS) is 1. The van der Waals surface area contributed by atoms with E-state index in [1.54, 1.807) is 19.9 Å². The van der Waals surface area contributed by atoms with E-state index in [4.69, 9.17) is 15.1 Å². The average molecular weight is 365 g/mol. The second-order valence-corrected chi connectivity index (χ2v) is 5.70. The van der Waals surface area contributed by atoms with Crippen molar-refractivity contribution in [3.05, 3.63) is 41.7 Å². The molecule has 1 aromatic carbocycles. The van der Waals surface area contributed by atoms with Crippen molar-refractivity contribution in [2.75, 3.05) is 0 Å². The highest BCUT2D eigenvalue weighted by Gasteiger charge is 2.38. The molecule has 1 heterocycles. The highest BCUT2D eigenvalue weighted by Crippen LogP contribution is 2.32. The van der Waals surface area contributed by atoms with Gasteiger partial charge in [-0.2, -0.15) is 18.4 Å². The lowest BCUT2D eigenvalue weighted by Crippen LogP contribution is -2.20. The van der Waals surface area contributed by atoms with Crippen molar-refractivity contribution >= 4 is 5.97 Å². The molecule has 1 atom stereocenters. The summed E-state index contributed by atoms with van der Waals surface area (Å²) in [5, 5.41) is 18.0. The van der Waals surface area contributed by atoms with Gasteiger partial charge >= 0.3 is 12.1 Å². The zero-order chi connectivity index (χ0) is 19.5.